The Labute approximate surface area is 97.2 Å². The molecule has 1 unspecified atom stereocenters. The predicted molar refractivity (Wildman–Crippen MR) is 57.2 cm³/mol. The molecule has 0 radical (unpaired) electrons. The van der Waals surface area contributed by atoms with E-state index in [9.17, 15) is 18.3 Å². The Morgan fingerprint density at radius 3 is 2.44 bits per heavy atom. The Kier molecular flexibility index (Phi) is 3.57. The largest absolute Gasteiger partial charge is 0.479 e. The van der Waals surface area contributed by atoms with Crippen LogP contribution < -0.4 is 0 Å². The first-order valence-corrected chi connectivity index (χ1v) is 6.41. The summed E-state index contributed by atoms with van der Waals surface area (Å²) in [5.41, 5.74) is -0.234. The lowest BCUT2D eigenvalue weighted by molar-refractivity contribution is -0.147. The first-order chi connectivity index (χ1) is 7.23. The third kappa shape index (κ3) is 2.72. The van der Waals surface area contributed by atoms with Gasteiger partial charge in [-0.1, -0.05) is 11.6 Å². The summed E-state index contributed by atoms with van der Waals surface area (Å²) < 4.78 is 22.7. The van der Waals surface area contributed by atoms with Crippen molar-refractivity contribution >= 4 is 27.4 Å². The molecular formula is C9H9ClO5S. The number of hydrogen-bond acceptors (Lipinski definition) is 4. The van der Waals surface area contributed by atoms with Crippen molar-refractivity contribution in [2.75, 3.05) is 6.26 Å². The number of rotatable bonds is 3. The Balaban J connectivity index is 3.47. The van der Waals surface area contributed by atoms with E-state index in [0.717, 1.165) is 12.3 Å². The fourth-order valence-corrected chi connectivity index (χ4v) is 2.30. The van der Waals surface area contributed by atoms with E-state index in [0.29, 0.717) is 0 Å². The van der Waals surface area contributed by atoms with Gasteiger partial charge in [0, 0.05) is 16.8 Å². The quantitative estimate of drug-likeness (QED) is 0.845. The molecular weight excluding hydrogens is 256 g/mol. The second-order valence-corrected chi connectivity index (χ2v) is 5.62. The number of carboxylic acid groups (broad SMARTS) is 1. The maximum absolute atomic E-state index is 11.3. The highest BCUT2D eigenvalue weighted by Gasteiger charge is 2.24. The lowest BCUT2D eigenvalue weighted by atomic mass is 10.1. The summed E-state index contributed by atoms with van der Waals surface area (Å²) in [5.74, 6) is -1.54. The fourth-order valence-electron chi connectivity index (χ4n) is 1.20. The number of aliphatic carboxylic acids is 1. The van der Waals surface area contributed by atoms with Gasteiger partial charge in [-0.3, -0.25) is 0 Å². The number of halogens is 1. The maximum Gasteiger partial charge on any atom is 0.337 e. The minimum Gasteiger partial charge on any atom is -0.479 e. The zero-order valence-corrected chi connectivity index (χ0v) is 9.79. The normalized spacial score (nSPS) is 13.4. The average Bonchev–Trinajstić information content (AvgIpc) is 2.14. The van der Waals surface area contributed by atoms with Gasteiger partial charge in [-0.2, -0.15) is 0 Å². The summed E-state index contributed by atoms with van der Waals surface area (Å²) in [6.45, 7) is 0. The van der Waals surface area contributed by atoms with E-state index >= 15 is 0 Å². The van der Waals surface area contributed by atoms with Crippen LogP contribution in [0.25, 0.3) is 0 Å². The van der Waals surface area contributed by atoms with Crippen LogP contribution in [0.5, 0.6) is 0 Å². The van der Waals surface area contributed by atoms with Crippen LogP contribution in [0.4, 0.5) is 0 Å². The standard InChI is InChI=1S/C9H9ClO5S/c1-16(14,15)7-3-2-5(10)4-6(7)8(11)9(12)13/h2-4,8,11H,1H3,(H,12,13). The lowest BCUT2D eigenvalue weighted by Gasteiger charge is -2.11. The third-order valence-corrected chi connectivity index (χ3v) is 3.31. The number of carbonyl (C=O) groups is 1. The molecule has 0 bridgehead atoms. The zero-order valence-electron chi connectivity index (χ0n) is 8.21. The van der Waals surface area contributed by atoms with Gasteiger partial charge in [0.2, 0.25) is 0 Å². The van der Waals surface area contributed by atoms with Crippen molar-refractivity contribution in [1.82, 2.24) is 0 Å². The van der Waals surface area contributed by atoms with Crippen LogP contribution >= 0.6 is 11.6 Å². The van der Waals surface area contributed by atoms with Crippen LogP contribution in [-0.4, -0.2) is 30.9 Å². The monoisotopic (exact) mass is 264 g/mol. The highest BCUT2D eigenvalue weighted by molar-refractivity contribution is 7.90. The highest BCUT2D eigenvalue weighted by Crippen LogP contribution is 2.26. The molecule has 0 saturated heterocycles. The Hall–Kier alpha value is -1.11. The number of benzene rings is 1. The van der Waals surface area contributed by atoms with Gasteiger partial charge in [0.05, 0.1) is 4.90 Å². The molecule has 0 saturated carbocycles. The van der Waals surface area contributed by atoms with Crippen LogP contribution in [0.2, 0.25) is 5.02 Å². The van der Waals surface area contributed by atoms with Gasteiger partial charge in [0.15, 0.2) is 15.9 Å². The second-order valence-electron chi connectivity index (χ2n) is 3.20. The van der Waals surface area contributed by atoms with Crippen LogP contribution in [0.15, 0.2) is 23.1 Å². The Morgan fingerprint density at radius 2 is 2.00 bits per heavy atom. The molecule has 0 spiro atoms. The van der Waals surface area contributed by atoms with Gasteiger partial charge < -0.3 is 10.2 Å². The maximum atomic E-state index is 11.3. The van der Waals surface area contributed by atoms with Gasteiger partial charge in [-0.15, -0.1) is 0 Å². The Morgan fingerprint density at radius 1 is 1.44 bits per heavy atom. The van der Waals surface area contributed by atoms with E-state index in [1.807, 2.05) is 0 Å². The van der Waals surface area contributed by atoms with Crippen molar-refractivity contribution in [2.45, 2.75) is 11.0 Å². The zero-order chi connectivity index (χ0) is 12.5. The van der Waals surface area contributed by atoms with Crippen molar-refractivity contribution in [2.24, 2.45) is 0 Å². The van der Waals surface area contributed by atoms with Crippen molar-refractivity contribution in [1.29, 1.82) is 0 Å². The summed E-state index contributed by atoms with van der Waals surface area (Å²) >= 11 is 5.62. The van der Waals surface area contributed by atoms with Gasteiger partial charge >= 0.3 is 5.97 Å². The molecule has 0 aliphatic carbocycles. The van der Waals surface area contributed by atoms with Crippen molar-refractivity contribution in [3.8, 4) is 0 Å². The van der Waals surface area contributed by atoms with Crippen molar-refractivity contribution in [3.05, 3.63) is 28.8 Å². The molecule has 1 aromatic carbocycles. The minimum absolute atomic E-state index is 0.155. The highest BCUT2D eigenvalue weighted by atomic mass is 35.5. The molecule has 0 aliphatic rings. The molecule has 1 aromatic rings. The van der Waals surface area contributed by atoms with Crippen molar-refractivity contribution in [3.63, 3.8) is 0 Å². The summed E-state index contributed by atoms with van der Waals surface area (Å²) in [6, 6.07) is 3.60. The third-order valence-electron chi connectivity index (χ3n) is 1.90. The molecule has 5 nitrogen and oxygen atoms in total. The average molecular weight is 265 g/mol. The van der Waals surface area contributed by atoms with E-state index in [2.05, 4.69) is 0 Å². The second kappa shape index (κ2) is 4.40. The molecule has 16 heavy (non-hydrogen) atoms. The van der Waals surface area contributed by atoms with E-state index in [-0.39, 0.29) is 15.5 Å². The molecule has 0 aliphatic heterocycles. The van der Waals surface area contributed by atoms with E-state index in [4.69, 9.17) is 16.7 Å². The Bertz CT molecular complexity index is 523. The van der Waals surface area contributed by atoms with Crippen LogP contribution in [-0.2, 0) is 14.6 Å². The molecule has 7 heteroatoms. The molecule has 0 heterocycles. The first kappa shape index (κ1) is 13.0. The van der Waals surface area contributed by atoms with Crippen LogP contribution in [0.3, 0.4) is 0 Å². The molecule has 1 rings (SSSR count). The number of aliphatic hydroxyl groups is 1. The van der Waals surface area contributed by atoms with Crippen LogP contribution in [0, 0.1) is 0 Å². The van der Waals surface area contributed by atoms with Crippen LogP contribution in [0.1, 0.15) is 11.7 Å². The van der Waals surface area contributed by atoms with Crippen molar-refractivity contribution < 1.29 is 23.4 Å². The van der Waals surface area contributed by atoms with Gasteiger partial charge in [-0.05, 0) is 18.2 Å². The van der Waals surface area contributed by atoms with E-state index in [1.165, 1.54) is 12.1 Å². The molecule has 0 fully saturated rings. The predicted octanol–water partition coefficient (Wildman–Crippen LogP) is 0.862. The van der Waals surface area contributed by atoms with E-state index in [1.54, 1.807) is 0 Å². The minimum atomic E-state index is -3.61. The smallest absolute Gasteiger partial charge is 0.337 e. The summed E-state index contributed by atoms with van der Waals surface area (Å²) in [4.78, 5) is 10.4. The number of carboxylic acids is 1. The molecule has 0 aromatic heterocycles. The fraction of sp³-hybridized carbons (Fsp3) is 0.222. The lowest BCUT2D eigenvalue weighted by Crippen LogP contribution is -2.14. The summed E-state index contributed by atoms with van der Waals surface area (Å²) in [6.07, 6.45) is -0.989. The molecule has 1 atom stereocenters. The number of aliphatic hydroxyl groups excluding tert-OH is 1. The number of hydrogen-bond donors (Lipinski definition) is 2. The summed E-state index contributed by atoms with van der Waals surface area (Å²) in [5, 5.41) is 18.1. The molecule has 88 valence electrons. The topological polar surface area (TPSA) is 91.7 Å². The number of sulfone groups is 1. The van der Waals surface area contributed by atoms with Gasteiger partial charge in [-0.25, -0.2) is 13.2 Å². The molecule has 0 amide bonds. The van der Waals surface area contributed by atoms with E-state index < -0.39 is 21.9 Å². The first-order valence-electron chi connectivity index (χ1n) is 4.14. The SMILES string of the molecule is CS(=O)(=O)c1ccc(Cl)cc1C(O)C(=O)O. The molecule has 2 N–H and O–H groups in total. The van der Waals surface area contributed by atoms with Gasteiger partial charge in [0.1, 0.15) is 0 Å². The van der Waals surface area contributed by atoms with Gasteiger partial charge in [0.25, 0.3) is 0 Å². The summed E-state index contributed by atoms with van der Waals surface area (Å²) in [7, 11) is -3.61.